The molecule has 5 heteroatoms. The lowest BCUT2D eigenvalue weighted by Crippen LogP contribution is -2.31. The largest absolute Gasteiger partial charge is 0.347 e. The van der Waals surface area contributed by atoms with Crippen LogP contribution in [0.25, 0.3) is 0 Å². The molecule has 0 aromatic carbocycles. The van der Waals surface area contributed by atoms with Crippen LogP contribution in [0.15, 0.2) is 0 Å². The summed E-state index contributed by atoms with van der Waals surface area (Å²) in [5, 5.41) is 1.14. The van der Waals surface area contributed by atoms with E-state index in [1.54, 1.807) is 11.3 Å². The maximum Gasteiger partial charge on any atom is 0.185 e. The van der Waals surface area contributed by atoms with Crippen molar-refractivity contribution >= 4 is 28.2 Å². The average Bonchev–Trinajstić information content (AvgIpc) is 2.96. The van der Waals surface area contributed by atoms with Gasteiger partial charge in [0.1, 0.15) is 0 Å². The predicted molar refractivity (Wildman–Crippen MR) is 73.5 cm³/mol. The highest BCUT2D eigenvalue weighted by atomic mass is 32.2. The number of aryl methyl sites for hydroxylation is 1. The molecule has 1 aliphatic heterocycles. The average molecular weight is 257 g/mol. The Morgan fingerprint density at radius 3 is 2.88 bits per heavy atom. The number of hydrogen-bond donors (Lipinski definition) is 1. The van der Waals surface area contributed by atoms with E-state index in [-0.39, 0.29) is 0 Å². The van der Waals surface area contributed by atoms with Crippen LogP contribution < -0.4 is 10.6 Å². The Bertz CT molecular complexity index is 323. The van der Waals surface area contributed by atoms with E-state index < -0.39 is 0 Å². The number of thiazole rings is 1. The lowest BCUT2D eigenvalue weighted by molar-refractivity contribution is 0.696. The zero-order chi connectivity index (χ0) is 11.5. The molecule has 0 amide bonds. The van der Waals surface area contributed by atoms with E-state index in [1.807, 2.05) is 11.8 Å². The highest BCUT2D eigenvalue weighted by Gasteiger charge is 2.23. The molecule has 0 radical (unpaired) electrons. The van der Waals surface area contributed by atoms with Crippen LogP contribution in [0, 0.1) is 0 Å². The van der Waals surface area contributed by atoms with Gasteiger partial charge < -0.3 is 10.6 Å². The second-order valence-electron chi connectivity index (χ2n) is 4.05. The fourth-order valence-electron chi connectivity index (χ4n) is 1.94. The van der Waals surface area contributed by atoms with Crippen molar-refractivity contribution in [2.24, 2.45) is 5.73 Å². The zero-order valence-electron chi connectivity index (χ0n) is 9.90. The van der Waals surface area contributed by atoms with Crippen LogP contribution in [0.3, 0.4) is 0 Å². The number of hydrogen-bond acceptors (Lipinski definition) is 5. The van der Waals surface area contributed by atoms with Gasteiger partial charge in [0.15, 0.2) is 5.13 Å². The fraction of sp³-hybridized carbons (Fsp3) is 0.727. The molecule has 1 atom stereocenters. The van der Waals surface area contributed by atoms with Crippen LogP contribution >= 0.6 is 23.1 Å². The number of anilines is 1. The molecule has 0 saturated carbocycles. The summed E-state index contributed by atoms with van der Waals surface area (Å²) in [7, 11) is 2.16. The SMILES string of the molecule is CCc1nc(N(C)C2CCSC2)sc1CN. The monoisotopic (exact) mass is 257 g/mol. The smallest absolute Gasteiger partial charge is 0.185 e. The molecule has 0 spiro atoms. The van der Waals surface area contributed by atoms with Gasteiger partial charge in [-0.15, -0.1) is 11.3 Å². The van der Waals surface area contributed by atoms with Gasteiger partial charge in [-0.2, -0.15) is 11.8 Å². The molecule has 2 rings (SSSR count). The van der Waals surface area contributed by atoms with Crippen molar-refractivity contribution in [1.29, 1.82) is 0 Å². The summed E-state index contributed by atoms with van der Waals surface area (Å²) in [6.45, 7) is 2.76. The van der Waals surface area contributed by atoms with Gasteiger partial charge >= 0.3 is 0 Å². The molecule has 1 fully saturated rings. The third kappa shape index (κ3) is 2.36. The molecule has 90 valence electrons. The molecular weight excluding hydrogens is 238 g/mol. The number of nitrogens with zero attached hydrogens (tertiary/aromatic N) is 2. The van der Waals surface area contributed by atoms with Crippen LogP contribution in [-0.2, 0) is 13.0 Å². The van der Waals surface area contributed by atoms with Gasteiger partial charge in [0.05, 0.1) is 5.69 Å². The highest BCUT2D eigenvalue weighted by molar-refractivity contribution is 7.99. The van der Waals surface area contributed by atoms with Crippen molar-refractivity contribution < 1.29 is 0 Å². The van der Waals surface area contributed by atoms with Crippen molar-refractivity contribution in [3.8, 4) is 0 Å². The topological polar surface area (TPSA) is 42.2 Å². The summed E-state index contributed by atoms with van der Waals surface area (Å²) in [5.41, 5.74) is 6.92. The molecule has 1 aliphatic rings. The van der Waals surface area contributed by atoms with E-state index in [9.17, 15) is 0 Å². The fourth-order valence-corrected chi connectivity index (χ4v) is 4.27. The molecule has 1 aromatic rings. The van der Waals surface area contributed by atoms with Gasteiger partial charge in [0.2, 0.25) is 0 Å². The van der Waals surface area contributed by atoms with Crippen LogP contribution in [0.4, 0.5) is 5.13 Å². The summed E-state index contributed by atoms with van der Waals surface area (Å²) in [4.78, 5) is 8.28. The number of rotatable bonds is 4. The van der Waals surface area contributed by atoms with Crippen molar-refractivity contribution in [2.75, 3.05) is 23.5 Å². The van der Waals surface area contributed by atoms with Crippen LogP contribution in [0.2, 0.25) is 0 Å². The summed E-state index contributed by atoms with van der Waals surface area (Å²) in [5.74, 6) is 2.51. The van der Waals surface area contributed by atoms with Crippen LogP contribution in [0.5, 0.6) is 0 Å². The minimum Gasteiger partial charge on any atom is -0.347 e. The number of thioether (sulfide) groups is 1. The third-order valence-electron chi connectivity index (χ3n) is 3.04. The molecule has 0 aliphatic carbocycles. The minimum atomic E-state index is 0.619. The minimum absolute atomic E-state index is 0.619. The Morgan fingerprint density at radius 1 is 1.56 bits per heavy atom. The molecule has 1 unspecified atom stereocenters. The summed E-state index contributed by atoms with van der Waals surface area (Å²) < 4.78 is 0. The van der Waals surface area contributed by atoms with E-state index in [2.05, 4.69) is 18.9 Å². The summed E-state index contributed by atoms with van der Waals surface area (Å²) in [6, 6.07) is 0.659. The van der Waals surface area contributed by atoms with E-state index in [4.69, 9.17) is 10.7 Å². The quantitative estimate of drug-likeness (QED) is 0.897. The molecule has 2 heterocycles. The van der Waals surface area contributed by atoms with Crippen molar-refractivity contribution in [3.63, 3.8) is 0 Å². The summed E-state index contributed by atoms with van der Waals surface area (Å²) >= 11 is 3.80. The molecule has 1 saturated heterocycles. The van der Waals surface area contributed by atoms with Gasteiger partial charge in [-0.05, 0) is 18.6 Å². The Morgan fingerprint density at radius 2 is 2.38 bits per heavy atom. The first-order valence-electron chi connectivity index (χ1n) is 5.75. The Hall–Kier alpha value is -0.260. The Balaban J connectivity index is 2.15. The van der Waals surface area contributed by atoms with Gasteiger partial charge in [-0.3, -0.25) is 0 Å². The lowest BCUT2D eigenvalue weighted by atomic mass is 10.2. The van der Waals surface area contributed by atoms with Gasteiger partial charge in [-0.25, -0.2) is 4.98 Å². The maximum atomic E-state index is 5.74. The van der Waals surface area contributed by atoms with E-state index in [0.29, 0.717) is 12.6 Å². The van der Waals surface area contributed by atoms with Gasteiger partial charge in [0.25, 0.3) is 0 Å². The van der Waals surface area contributed by atoms with Crippen LogP contribution in [0.1, 0.15) is 23.9 Å². The predicted octanol–water partition coefficient (Wildman–Crippen LogP) is 2.11. The standard InChI is InChI=1S/C11H19N3S2/c1-3-9-10(6-12)16-11(13-9)14(2)8-4-5-15-7-8/h8H,3-7,12H2,1-2H3. The van der Waals surface area contributed by atoms with Crippen molar-refractivity contribution in [3.05, 3.63) is 10.6 Å². The summed E-state index contributed by atoms with van der Waals surface area (Å²) in [6.07, 6.45) is 2.26. The van der Waals surface area contributed by atoms with Gasteiger partial charge in [-0.1, -0.05) is 6.92 Å². The Kier molecular flexibility index (Phi) is 4.10. The molecule has 2 N–H and O–H groups in total. The first kappa shape index (κ1) is 12.2. The maximum absolute atomic E-state index is 5.74. The normalized spacial score (nSPS) is 20.3. The molecular formula is C11H19N3S2. The number of aromatic nitrogens is 1. The second-order valence-corrected chi connectivity index (χ2v) is 6.26. The molecule has 3 nitrogen and oxygen atoms in total. The second kappa shape index (κ2) is 5.38. The molecule has 1 aromatic heterocycles. The van der Waals surface area contributed by atoms with E-state index in [1.165, 1.54) is 28.5 Å². The van der Waals surface area contributed by atoms with Gasteiger partial charge in [0, 0.05) is 30.3 Å². The number of nitrogens with two attached hydrogens (primary N) is 1. The first-order chi connectivity index (χ1) is 7.76. The lowest BCUT2D eigenvalue weighted by Gasteiger charge is -2.22. The van der Waals surface area contributed by atoms with Crippen molar-refractivity contribution in [2.45, 2.75) is 32.4 Å². The zero-order valence-corrected chi connectivity index (χ0v) is 11.5. The molecule has 16 heavy (non-hydrogen) atoms. The van der Waals surface area contributed by atoms with E-state index in [0.717, 1.165) is 11.6 Å². The van der Waals surface area contributed by atoms with Crippen molar-refractivity contribution in [1.82, 2.24) is 4.98 Å². The Labute approximate surface area is 105 Å². The third-order valence-corrected chi connectivity index (χ3v) is 5.40. The highest BCUT2D eigenvalue weighted by Crippen LogP contribution is 2.30. The molecule has 0 bridgehead atoms. The van der Waals surface area contributed by atoms with Crippen LogP contribution in [-0.4, -0.2) is 29.6 Å². The first-order valence-corrected chi connectivity index (χ1v) is 7.72. The van der Waals surface area contributed by atoms with E-state index >= 15 is 0 Å².